The Morgan fingerprint density at radius 2 is 2.13 bits per heavy atom. The van der Waals surface area contributed by atoms with Gasteiger partial charge in [-0.05, 0) is 33.3 Å². The van der Waals surface area contributed by atoms with Crippen molar-refractivity contribution >= 4 is 33.4 Å². The molecule has 0 saturated heterocycles. The summed E-state index contributed by atoms with van der Waals surface area (Å²) in [5.74, 6) is -0.724. The van der Waals surface area contributed by atoms with Crippen LogP contribution >= 0.6 is 11.3 Å². The van der Waals surface area contributed by atoms with Gasteiger partial charge in [-0.1, -0.05) is 0 Å². The number of fused-ring (bicyclic) bond motifs is 1. The molecule has 0 aliphatic carbocycles. The molecule has 0 aliphatic rings. The predicted molar refractivity (Wildman–Crippen MR) is 87.9 cm³/mol. The second-order valence-electron chi connectivity index (χ2n) is 5.36. The second kappa shape index (κ2) is 6.91. The fourth-order valence-corrected chi connectivity index (χ4v) is 3.22. The quantitative estimate of drug-likeness (QED) is 0.834. The van der Waals surface area contributed by atoms with Crippen molar-refractivity contribution < 1.29 is 14.3 Å². The normalized spacial score (nSPS) is 11.0. The number of nitrogens with one attached hydrogen (secondary N) is 1. The molecule has 2 rings (SSSR count). The van der Waals surface area contributed by atoms with Gasteiger partial charge in [0.25, 0.3) is 5.56 Å². The van der Waals surface area contributed by atoms with Gasteiger partial charge in [0.05, 0.1) is 18.3 Å². The molecule has 0 aliphatic heterocycles. The summed E-state index contributed by atoms with van der Waals surface area (Å²) in [5.41, 5.74) is 0.206. The minimum absolute atomic E-state index is 0.00630. The van der Waals surface area contributed by atoms with Crippen molar-refractivity contribution in [3.05, 3.63) is 27.1 Å². The molecule has 0 radical (unpaired) electrons. The van der Waals surface area contributed by atoms with E-state index in [1.54, 1.807) is 13.8 Å². The largest absolute Gasteiger partial charge is 0.462 e. The summed E-state index contributed by atoms with van der Waals surface area (Å²) in [4.78, 5) is 41.3. The zero-order valence-corrected chi connectivity index (χ0v) is 14.3. The number of esters is 1. The van der Waals surface area contributed by atoms with Crippen LogP contribution in [0.25, 0.3) is 10.2 Å². The highest BCUT2D eigenvalue weighted by atomic mass is 32.1. The number of aryl methyl sites for hydroxylation is 1. The zero-order valence-electron chi connectivity index (χ0n) is 13.5. The molecule has 8 heteroatoms. The fourth-order valence-electron chi connectivity index (χ4n) is 2.19. The van der Waals surface area contributed by atoms with Crippen molar-refractivity contribution in [1.82, 2.24) is 14.9 Å². The Bertz CT molecular complexity index is 807. The fraction of sp³-hybridized carbons (Fsp3) is 0.467. The van der Waals surface area contributed by atoms with E-state index in [1.165, 1.54) is 10.9 Å². The molecule has 124 valence electrons. The number of rotatable bonds is 5. The van der Waals surface area contributed by atoms with Crippen molar-refractivity contribution in [3.63, 3.8) is 0 Å². The van der Waals surface area contributed by atoms with E-state index in [2.05, 4.69) is 10.3 Å². The summed E-state index contributed by atoms with van der Waals surface area (Å²) in [6.07, 6.45) is 1.33. The summed E-state index contributed by atoms with van der Waals surface area (Å²) in [7, 11) is 0. The summed E-state index contributed by atoms with van der Waals surface area (Å²) in [6.45, 7) is 7.25. The van der Waals surface area contributed by atoms with Gasteiger partial charge < -0.3 is 10.1 Å². The standard InChI is InChI=1S/C15H19N3O4S/c1-5-22-15(21)12-9(4)11-13(23-12)16-7-18(14(11)20)6-10(19)17-8(2)3/h7-8H,5-6H2,1-4H3,(H,17,19). The third-order valence-electron chi connectivity index (χ3n) is 3.14. The smallest absolute Gasteiger partial charge is 0.348 e. The SMILES string of the molecule is CCOC(=O)c1sc2ncn(CC(=O)NC(C)C)c(=O)c2c1C. The molecule has 2 heterocycles. The Morgan fingerprint density at radius 3 is 2.74 bits per heavy atom. The van der Waals surface area contributed by atoms with Gasteiger partial charge in [-0.25, -0.2) is 9.78 Å². The van der Waals surface area contributed by atoms with Crippen LogP contribution in [-0.4, -0.2) is 34.1 Å². The van der Waals surface area contributed by atoms with Gasteiger partial charge in [0, 0.05) is 6.04 Å². The zero-order chi connectivity index (χ0) is 17.1. The lowest BCUT2D eigenvalue weighted by atomic mass is 10.2. The third-order valence-corrected chi connectivity index (χ3v) is 4.32. The highest BCUT2D eigenvalue weighted by Crippen LogP contribution is 2.27. The van der Waals surface area contributed by atoms with Crippen LogP contribution in [0.3, 0.4) is 0 Å². The van der Waals surface area contributed by atoms with Crippen LogP contribution in [0, 0.1) is 6.92 Å². The lowest BCUT2D eigenvalue weighted by molar-refractivity contribution is -0.122. The number of hydrogen-bond donors (Lipinski definition) is 1. The molecule has 1 N–H and O–H groups in total. The van der Waals surface area contributed by atoms with Crippen molar-refractivity contribution in [3.8, 4) is 0 Å². The van der Waals surface area contributed by atoms with E-state index in [0.717, 1.165) is 11.3 Å². The molecule has 2 aromatic heterocycles. The molecule has 0 spiro atoms. The Balaban J connectivity index is 2.43. The van der Waals surface area contributed by atoms with Crippen LogP contribution in [0.4, 0.5) is 0 Å². The molecule has 0 unspecified atom stereocenters. The van der Waals surface area contributed by atoms with Gasteiger partial charge in [-0.15, -0.1) is 11.3 Å². The molecular formula is C15H19N3O4S. The topological polar surface area (TPSA) is 90.3 Å². The Morgan fingerprint density at radius 1 is 1.43 bits per heavy atom. The predicted octanol–water partition coefficient (Wildman–Crippen LogP) is 1.47. The second-order valence-corrected chi connectivity index (χ2v) is 6.36. The number of amides is 1. The Labute approximate surface area is 137 Å². The Kier molecular flexibility index (Phi) is 5.15. The number of carbonyl (C=O) groups is 2. The van der Waals surface area contributed by atoms with Crippen molar-refractivity contribution in [2.24, 2.45) is 0 Å². The number of hydrogen-bond acceptors (Lipinski definition) is 6. The maximum atomic E-state index is 12.6. The number of carbonyl (C=O) groups excluding carboxylic acids is 2. The van der Waals surface area contributed by atoms with E-state index in [-0.39, 0.29) is 30.7 Å². The summed E-state index contributed by atoms with van der Waals surface area (Å²) >= 11 is 1.12. The number of ether oxygens (including phenoxy) is 1. The van der Waals surface area contributed by atoms with E-state index < -0.39 is 5.97 Å². The number of nitrogens with zero attached hydrogens (tertiary/aromatic N) is 2. The lowest BCUT2D eigenvalue weighted by Gasteiger charge is -2.09. The summed E-state index contributed by atoms with van der Waals surface area (Å²) in [5, 5.41) is 3.08. The van der Waals surface area contributed by atoms with Gasteiger partial charge in [0.15, 0.2) is 0 Å². The van der Waals surface area contributed by atoms with Crippen LogP contribution in [0.2, 0.25) is 0 Å². The molecule has 0 saturated carbocycles. The molecule has 1 amide bonds. The molecule has 23 heavy (non-hydrogen) atoms. The van der Waals surface area contributed by atoms with E-state index >= 15 is 0 Å². The van der Waals surface area contributed by atoms with Crippen LogP contribution in [0.1, 0.15) is 36.0 Å². The van der Waals surface area contributed by atoms with Gasteiger partial charge >= 0.3 is 5.97 Å². The average molecular weight is 337 g/mol. The molecule has 0 atom stereocenters. The van der Waals surface area contributed by atoms with Crippen molar-refractivity contribution in [2.45, 2.75) is 40.3 Å². The maximum Gasteiger partial charge on any atom is 0.348 e. The van der Waals surface area contributed by atoms with Gasteiger partial charge in [-0.3, -0.25) is 14.2 Å². The average Bonchev–Trinajstić information content (AvgIpc) is 2.79. The highest BCUT2D eigenvalue weighted by molar-refractivity contribution is 7.20. The first-order valence-electron chi connectivity index (χ1n) is 7.30. The van der Waals surface area contributed by atoms with E-state index in [0.29, 0.717) is 20.7 Å². The van der Waals surface area contributed by atoms with Gasteiger partial charge in [0.2, 0.25) is 5.91 Å². The lowest BCUT2D eigenvalue weighted by Crippen LogP contribution is -2.36. The summed E-state index contributed by atoms with van der Waals surface area (Å²) in [6, 6.07) is -0.00630. The van der Waals surface area contributed by atoms with Crippen LogP contribution in [0.5, 0.6) is 0 Å². The molecule has 0 aromatic carbocycles. The molecule has 7 nitrogen and oxygen atoms in total. The van der Waals surface area contributed by atoms with Gasteiger partial charge in [0.1, 0.15) is 16.3 Å². The van der Waals surface area contributed by atoms with E-state index in [9.17, 15) is 14.4 Å². The first kappa shape index (κ1) is 17.1. The van der Waals surface area contributed by atoms with Crippen LogP contribution < -0.4 is 10.9 Å². The van der Waals surface area contributed by atoms with Crippen molar-refractivity contribution in [1.29, 1.82) is 0 Å². The van der Waals surface area contributed by atoms with Gasteiger partial charge in [-0.2, -0.15) is 0 Å². The number of thiophene rings is 1. The maximum absolute atomic E-state index is 12.6. The molecular weight excluding hydrogens is 318 g/mol. The first-order valence-corrected chi connectivity index (χ1v) is 8.11. The molecule has 2 aromatic rings. The monoisotopic (exact) mass is 337 g/mol. The Hall–Kier alpha value is -2.22. The minimum Gasteiger partial charge on any atom is -0.462 e. The third kappa shape index (κ3) is 3.58. The van der Waals surface area contributed by atoms with Crippen LogP contribution in [0.15, 0.2) is 11.1 Å². The summed E-state index contributed by atoms with van der Waals surface area (Å²) < 4.78 is 6.23. The minimum atomic E-state index is -0.462. The molecule has 0 bridgehead atoms. The van der Waals surface area contributed by atoms with Crippen molar-refractivity contribution in [2.75, 3.05) is 6.61 Å². The van der Waals surface area contributed by atoms with E-state index in [1.807, 2.05) is 13.8 Å². The highest BCUT2D eigenvalue weighted by Gasteiger charge is 2.20. The first-order chi connectivity index (χ1) is 10.8. The number of aromatic nitrogens is 2. The van der Waals surface area contributed by atoms with E-state index in [4.69, 9.17) is 4.74 Å². The molecule has 0 fully saturated rings. The van der Waals surface area contributed by atoms with Crippen LogP contribution in [-0.2, 0) is 16.1 Å².